The van der Waals surface area contributed by atoms with Gasteiger partial charge in [-0.2, -0.15) is 0 Å². The Morgan fingerprint density at radius 1 is 0.125 bits per heavy atom. The quantitative estimate of drug-likeness (QED) is 0.135. The number of hydrogen-bond donors (Lipinski definition) is 0. The monoisotopic (exact) mass is 1420 g/mol. The van der Waals surface area contributed by atoms with E-state index in [9.17, 15) is 0 Å². The highest BCUT2D eigenvalue weighted by molar-refractivity contribution is 6.27. The van der Waals surface area contributed by atoms with Crippen molar-refractivity contribution >= 4 is 152 Å². The van der Waals surface area contributed by atoms with E-state index in [4.69, 9.17) is 17.7 Å². The summed E-state index contributed by atoms with van der Waals surface area (Å²) >= 11 is 0. The van der Waals surface area contributed by atoms with E-state index in [2.05, 4.69) is 364 Å². The zero-order valence-electron chi connectivity index (χ0n) is 60.4. The molecule has 4 heterocycles. The molecule has 0 radical (unpaired) electrons. The Balaban J connectivity index is 0.601. The maximum absolute atomic E-state index is 7.25. The minimum atomic E-state index is 0.775. The van der Waals surface area contributed by atoms with Gasteiger partial charge in [0.15, 0.2) is 0 Å². The van der Waals surface area contributed by atoms with E-state index in [1.54, 1.807) is 0 Å². The first kappa shape index (κ1) is 62.2. The smallest absolute Gasteiger partial charge is 0.147 e. The van der Waals surface area contributed by atoms with E-state index in [1.807, 2.05) is 12.1 Å². The lowest BCUT2D eigenvalue weighted by Gasteiger charge is -2.18. The third-order valence-electron chi connectivity index (χ3n) is 23.8. The summed E-state index contributed by atoms with van der Waals surface area (Å²) in [4.78, 5) is 0. The molecule has 0 unspecified atom stereocenters. The van der Waals surface area contributed by atoms with Crippen molar-refractivity contribution in [1.29, 1.82) is 0 Å². The van der Waals surface area contributed by atoms with Gasteiger partial charge in [-0.1, -0.05) is 315 Å². The van der Waals surface area contributed by atoms with Gasteiger partial charge in [0, 0.05) is 43.1 Å². The van der Waals surface area contributed by atoms with Gasteiger partial charge < -0.3 is 17.7 Å². The SMILES string of the molecule is c1cc(-c2ccc3ccccc3c2)cc(-c2c3ccccc3c(-c3ccc(-c4c5oc6ccccc6c5cc5c4oc4cc(-c6ccc7c(c6)oc6c(-c8ccc(-c9c%10ccccc%10c(-c%10ccc(-c%11cccc%12ccccc%11%12)cc%10)c%10ccccc9%10)cc8)c8oc9ccccc9c8cc67)ccc45)cc3)c3ccccc23)c1. The molecule has 112 heavy (non-hydrogen) atoms. The molecular formula is C108H62O4. The summed E-state index contributed by atoms with van der Waals surface area (Å²) in [6, 6.07) is 137. The Morgan fingerprint density at radius 2 is 0.411 bits per heavy atom. The van der Waals surface area contributed by atoms with Gasteiger partial charge in [-0.25, -0.2) is 0 Å². The van der Waals surface area contributed by atoms with Crippen LogP contribution in [0.15, 0.2) is 394 Å². The minimum absolute atomic E-state index is 0.775. The summed E-state index contributed by atoms with van der Waals surface area (Å²) in [6.45, 7) is 0. The summed E-state index contributed by atoms with van der Waals surface area (Å²) in [5.74, 6) is 0. The second kappa shape index (κ2) is 24.3. The largest absolute Gasteiger partial charge is 0.455 e. The molecule has 0 fully saturated rings. The average Bonchev–Trinajstić information content (AvgIpc) is 1.56. The topological polar surface area (TPSA) is 52.6 Å². The number of para-hydroxylation sites is 2. The van der Waals surface area contributed by atoms with Crippen molar-refractivity contribution in [3.63, 3.8) is 0 Å². The molecule has 20 aromatic carbocycles. The highest BCUT2D eigenvalue weighted by Gasteiger charge is 2.27. The van der Waals surface area contributed by atoms with E-state index >= 15 is 0 Å². The van der Waals surface area contributed by atoms with Crippen LogP contribution in [0, 0.1) is 0 Å². The third-order valence-corrected chi connectivity index (χ3v) is 23.8. The van der Waals surface area contributed by atoms with Crippen LogP contribution in [0.1, 0.15) is 0 Å². The van der Waals surface area contributed by atoms with Gasteiger partial charge in [0.25, 0.3) is 0 Å². The second-order valence-corrected chi connectivity index (χ2v) is 29.9. The van der Waals surface area contributed by atoms with Crippen LogP contribution < -0.4 is 0 Å². The normalized spacial score (nSPS) is 12.1. The molecule has 0 spiro atoms. The number of benzene rings is 20. The van der Waals surface area contributed by atoms with E-state index in [-0.39, 0.29) is 0 Å². The fourth-order valence-corrected chi connectivity index (χ4v) is 18.7. The molecule has 0 aliphatic carbocycles. The van der Waals surface area contributed by atoms with E-state index < -0.39 is 0 Å². The van der Waals surface area contributed by atoms with Crippen LogP contribution in [0.25, 0.3) is 253 Å². The molecule has 0 aliphatic rings. The van der Waals surface area contributed by atoms with E-state index in [0.717, 1.165) is 132 Å². The van der Waals surface area contributed by atoms with Crippen molar-refractivity contribution in [2.75, 3.05) is 0 Å². The molecule has 0 atom stereocenters. The van der Waals surface area contributed by atoms with Gasteiger partial charge >= 0.3 is 0 Å². The lowest BCUT2D eigenvalue weighted by Crippen LogP contribution is -1.91. The molecular weight excluding hydrogens is 1360 g/mol. The first-order chi connectivity index (χ1) is 55.5. The van der Waals surface area contributed by atoms with Crippen LogP contribution in [0.5, 0.6) is 0 Å². The predicted molar refractivity (Wildman–Crippen MR) is 470 cm³/mol. The van der Waals surface area contributed by atoms with Crippen molar-refractivity contribution < 1.29 is 17.7 Å². The highest BCUT2D eigenvalue weighted by atomic mass is 16.4. The van der Waals surface area contributed by atoms with Gasteiger partial charge in [-0.3, -0.25) is 0 Å². The molecule has 0 amide bonds. The Morgan fingerprint density at radius 3 is 0.857 bits per heavy atom. The molecule has 0 saturated carbocycles. The van der Waals surface area contributed by atoms with Crippen LogP contribution >= 0.6 is 0 Å². The van der Waals surface area contributed by atoms with Crippen molar-refractivity contribution in [3.05, 3.63) is 376 Å². The molecule has 0 saturated heterocycles. The van der Waals surface area contributed by atoms with Crippen LogP contribution in [0.2, 0.25) is 0 Å². The second-order valence-electron chi connectivity index (χ2n) is 29.9. The standard InChI is InChI=1S/C108H62O4/c1-2-21-71-57-73(52-39-63(71)19-1)72-23-17-24-76(58-72)102-89-34-11-9-32-87(89)101(88-33-10-12-35-90(88)102)68-46-50-70(51-47-68)104-106-92(80-27-14-16-38-96(80)110-106)62-94-82-56-54-75(60-98(82)112-108(94)104)74-53-55-81-93-61-91-79-26-13-15-37-95(79)109-105(91)103(107(93)111-97(81)59-74)69-48-44-67(45-49-69)100-85-30-7-5-28-83(85)99(84-29-6-8-31-86(84)100)66-42-40-65(41-43-66)78-36-18-22-64-20-3-4-25-77(64)78/h1-62H. The maximum Gasteiger partial charge on any atom is 0.147 e. The predicted octanol–water partition coefficient (Wildman–Crippen LogP) is 31.2. The highest BCUT2D eigenvalue weighted by Crippen LogP contribution is 2.52. The van der Waals surface area contributed by atoms with Gasteiger partial charge in [-0.15, -0.1) is 0 Å². The summed E-state index contributed by atoms with van der Waals surface area (Å²) in [6.07, 6.45) is 0. The van der Waals surface area contributed by atoms with Crippen molar-refractivity contribution in [2.24, 2.45) is 0 Å². The average molecular weight is 1420 g/mol. The Labute approximate surface area is 642 Å². The molecule has 0 N–H and O–H groups in total. The number of fused-ring (bicyclic) bond motifs is 18. The van der Waals surface area contributed by atoms with E-state index in [0.29, 0.717) is 0 Å². The van der Waals surface area contributed by atoms with Gasteiger partial charge in [0.2, 0.25) is 0 Å². The Kier molecular flexibility index (Phi) is 13.5. The fourth-order valence-electron chi connectivity index (χ4n) is 18.7. The van der Waals surface area contributed by atoms with Crippen molar-refractivity contribution in [1.82, 2.24) is 0 Å². The maximum atomic E-state index is 7.25. The van der Waals surface area contributed by atoms with Crippen molar-refractivity contribution in [3.8, 4) is 100 Å². The molecule has 4 aromatic heterocycles. The summed E-state index contributed by atoms with van der Waals surface area (Å²) < 4.78 is 28.4. The molecule has 4 nitrogen and oxygen atoms in total. The third kappa shape index (κ3) is 9.49. The molecule has 0 aliphatic heterocycles. The van der Waals surface area contributed by atoms with Gasteiger partial charge in [0.1, 0.15) is 44.7 Å². The Bertz CT molecular complexity index is 7980. The summed E-state index contributed by atoms with van der Waals surface area (Å²) in [5.41, 5.74) is 26.5. The van der Waals surface area contributed by atoms with Crippen LogP contribution in [0.3, 0.4) is 0 Å². The molecule has 24 rings (SSSR count). The molecule has 0 bridgehead atoms. The summed E-state index contributed by atoms with van der Waals surface area (Å²) in [7, 11) is 0. The van der Waals surface area contributed by atoms with Crippen LogP contribution in [0.4, 0.5) is 0 Å². The first-order valence-corrected chi connectivity index (χ1v) is 38.4. The Hall–Kier alpha value is -14.8. The minimum Gasteiger partial charge on any atom is -0.455 e. The lowest BCUT2D eigenvalue weighted by atomic mass is 9.85. The summed E-state index contributed by atoms with van der Waals surface area (Å²) in [5, 5.41) is 22.9. The van der Waals surface area contributed by atoms with Crippen LogP contribution in [-0.4, -0.2) is 0 Å². The van der Waals surface area contributed by atoms with Crippen molar-refractivity contribution in [2.45, 2.75) is 0 Å². The number of furan rings is 4. The zero-order chi connectivity index (χ0) is 73.2. The first-order valence-electron chi connectivity index (χ1n) is 38.4. The van der Waals surface area contributed by atoms with Gasteiger partial charge in [-0.05, 0) is 214 Å². The van der Waals surface area contributed by atoms with Gasteiger partial charge in [0.05, 0.1) is 11.1 Å². The van der Waals surface area contributed by atoms with E-state index in [1.165, 1.54) is 120 Å². The lowest BCUT2D eigenvalue weighted by molar-refractivity contribution is 0.657. The number of rotatable bonds is 9. The molecule has 518 valence electrons. The fraction of sp³-hybridized carbons (Fsp3) is 0. The number of hydrogen-bond acceptors (Lipinski definition) is 4. The zero-order valence-corrected chi connectivity index (χ0v) is 60.4. The van der Waals surface area contributed by atoms with Crippen LogP contribution in [-0.2, 0) is 0 Å². The molecule has 4 heteroatoms. The molecule has 24 aromatic rings.